The summed E-state index contributed by atoms with van der Waals surface area (Å²) in [5.74, 6) is -0.641. The van der Waals surface area contributed by atoms with E-state index in [1.165, 1.54) is 12.1 Å². The number of benzene rings is 3. The summed E-state index contributed by atoms with van der Waals surface area (Å²) in [7, 11) is 0. The zero-order chi connectivity index (χ0) is 24.6. The van der Waals surface area contributed by atoms with E-state index in [4.69, 9.17) is 5.73 Å². The molecule has 3 aromatic carbocycles. The number of nitrogen functional groups attached to an aromatic ring is 1. The van der Waals surface area contributed by atoms with Crippen molar-refractivity contribution in [3.05, 3.63) is 102 Å². The van der Waals surface area contributed by atoms with Crippen molar-refractivity contribution in [1.82, 2.24) is 14.6 Å². The molecule has 0 fully saturated rings. The zero-order valence-corrected chi connectivity index (χ0v) is 18.1. The van der Waals surface area contributed by atoms with Crippen LogP contribution in [0, 0.1) is 0 Å². The molecular weight excluding hydrogens is 455 g/mol. The van der Waals surface area contributed by atoms with Crippen LogP contribution in [0.4, 0.5) is 24.5 Å². The predicted molar refractivity (Wildman–Crippen MR) is 128 cm³/mol. The van der Waals surface area contributed by atoms with Crippen molar-refractivity contribution in [2.45, 2.75) is 6.18 Å². The molecule has 0 atom stereocenters. The highest BCUT2D eigenvalue weighted by Crippen LogP contribution is 2.31. The molecule has 0 unspecified atom stereocenters. The largest absolute Gasteiger partial charge is 0.416 e. The summed E-state index contributed by atoms with van der Waals surface area (Å²) in [6.07, 6.45) is -1.14. The number of anilines is 2. The van der Waals surface area contributed by atoms with Crippen LogP contribution < -0.4 is 11.1 Å². The molecule has 0 aliphatic heterocycles. The minimum Gasteiger partial charge on any atom is -0.399 e. The SMILES string of the molecule is Nc1ccc(-c2cnn3c(-c4cccc(NC(=O)c5cccc(C(F)(F)F)c5)c4)ccnc23)cc1. The maximum absolute atomic E-state index is 13.0. The maximum atomic E-state index is 13.0. The van der Waals surface area contributed by atoms with Gasteiger partial charge in [0.25, 0.3) is 5.91 Å². The van der Waals surface area contributed by atoms with Crippen molar-refractivity contribution in [2.24, 2.45) is 0 Å². The van der Waals surface area contributed by atoms with Crippen LogP contribution in [-0.2, 0) is 6.18 Å². The summed E-state index contributed by atoms with van der Waals surface area (Å²) >= 11 is 0. The van der Waals surface area contributed by atoms with Crippen molar-refractivity contribution >= 4 is 22.9 Å². The van der Waals surface area contributed by atoms with Crippen molar-refractivity contribution in [3.63, 3.8) is 0 Å². The Morgan fingerprint density at radius 3 is 2.46 bits per heavy atom. The maximum Gasteiger partial charge on any atom is 0.416 e. The quantitative estimate of drug-likeness (QED) is 0.318. The lowest BCUT2D eigenvalue weighted by molar-refractivity contribution is -0.137. The molecule has 0 saturated heterocycles. The Labute approximate surface area is 197 Å². The summed E-state index contributed by atoms with van der Waals surface area (Å²) in [5.41, 5.74) is 9.77. The topological polar surface area (TPSA) is 85.3 Å². The van der Waals surface area contributed by atoms with Crippen LogP contribution in [-0.4, -0.2) is 20.5 Å². The molecule has 0 bridgehead atoms. The minimum atomic E-state index is -4.53. The number of nitrogens with two attached hydrogens (primary N) is 1. The summed E-state index contributed by atoms with van der Waals surface area (Å²) in [6, 6.07) is 20.5. The number of carbonyl (C=O) groups is 1. The van der Waals surface area contributed by atoms with Crippen molar-refractivity contribution < 1.29 is 18.0 Å². The molecule has 9 heteroatoms. The molecule has 6 nitrogen and oxygen atoms in total. The first kappa shape index (κ1) is 22.1. The molecule has 2 heterocycles. The third-order valence-corrected chi connectivity index (χ3v) is 5.49. The van der Waals surface area contributed by atoms with Crippen LogP contribution in [0.2, 0.25) is 0 Å². The Morgan fingerprint density at radius 1 is 0.914 bits per heavy atom. The van der Waals surface area contributed by atoms with Gasteiger partial charge in [0, 0.05) is 34.3 Å². The van der Waals surface area contributed by atoms with E-state index in [1.807, 2.05) is 18.2 Å². The number of hydrogen-bond acceptors (Lipinski definition) is 4. The number of nitrogens with one attached hydrogen (secondary N) is 1. The molecule has 5 rings (SSSR count). The summed E-state index contributed by atoms with van der Waals surface area (Å²) < 4.78 is 40.7. The van der Waals surface area contributed by atoms with Gasteiger partial charge in [-0.05, 0) is 54.1 Å². The second-order valence-corrected chi connectivity index (χ2v) is 7.86. The van der Waals surface area contributed by atoms with Crippen LogP contribution >= 0.6 is 0 Å². The molecule has 1 amide bonds. The van der Waals surface area contributed by atoms with E-state index in [-0.39, 0.29) is 5.56 Å². The molecule has 2 aromatic heterocycles. The number of alkyl halides is 3. The molecule has 5 aromatic rings. The molecule has 3 N–H and O–H groups in total. The first-order valence-electron chi connectivity index (χ1n) is 10.6. The molecule has 0 radical (unpaired) electrons. The van der Waals surface area contributed by atoms with Gasteiger partial charge >= 0.3 is 6.18 Å². The lowest BCUT2D eigenvalue weighted by Crippen LogP contribution is -2.14. The van der Waals surface area contributed by atoms with E-state index in [0.29, 0.717) is 17.0 Å². The van der Waals surface area contributed by atoms with E-state index < -0.39 is 17.6 Å². The van der Waals surface area contributed by atoms with Gasteiger partial charge in [0.2, 0.25) is 0 Å². The number of amides is 1. The summed E-state index contributed by atoms with van der Waals surface area (Å²) in [4.78, 5) is 17.1. The summed E-state index contributed by atoms with van der Waals surface area (Å²) in [6.45, 7) is 0. The van der Waals surface area contributed by atoms with Crippen molar-refractivity contribution in [2.75, 3.05) is 11.1 Å². The van der Waals surface area contributed by atoms with Gasteiger partial charge in [0.05, 0.1) is 17.5 Å². The lowest BCUT2D eigenvalue weighted by atomic mass is 10.1. The van der Waals surface area contributed by atoms with Gasteiger partial charge in [-0.2, -0.15) is 18.3 Å². The fourth-order valence-electron chi connectivity index (χ4n) is 3.77. The van der Waals surface area contributed by atoms with E-state index in [9.17, 15) is 18.0 Å². The van der Waals surface area contributed by atoms with Crippen LogP contribution in [0.15, 0.2) is 91.3 Å². The van der Waals surface area contributed by atoms with Gasteiger partial charge in [-0.25, -0.2) is 9.50 Å². The van der Waals surface area contributed by atoms with Gasteiger partial charge in [0.15, 0.2) is 5.65 Å². The Hall–Kier alpha value is -4.66. The first-order valence-corrected chi connectivity index (χ1v) is 10.6. The van der Waals surface area contributed by atoms with E-state index in [0.717, 1.165) is 34.5 Å². The smallest absolute Gasteiger partial charge is 0.399 e. The number of fused-ring (bicyclic) bond motifs is 1. The Kier molecular flexibility index (Phi) is 5.44. The van der Waals surface area contributed by atoms with Gasteiger partial charge in [-0.1, -0.05) is 30.3 Å². The normalized spacial score (nSPS) is 11.5. The highest BCUT2D eigenvalue weighted by Gasteiger charge is 2.30. The first-order chi connectivity index (χ1) is 16.8. The number of hydrogen-bond donors (Lipinski definition) is 2. The monoisotopic (exact) mass is 473 g/mol. The van der Waals surface area contributed by atoms with Crippen LogP contribution in [0.5, 0.6) is 0 Å². The Balaban J connectivity index is 1.46. The third kappa shape index (κ3) is 4.43. The van der Waals surface area contributed by atoms with Gasteiger partial charge in [0.1, 0.15) is 0 Å². The lowest BCUT2D eigenvalue weighted by Gasteiger charge is -2.11. The fraction of sp³-hybridized carbons (Fsp3) is 0.0385. The Bertz CT molecular complexity index is 1540. The van der Waals surface area contributed by atoms with Crippen molar-refractivity contribution in [1.29, 1.82) is 0 Å². The molecule has 0 aliphatic carbocycles. The zero-order valence-electron chi connectivity index (χ0n) is 18.1. The molecular formula is C26H18F3N5O. The number of aromatic nitrogens is 3. The minimum absolute atomic E-state index is 0.0863. The number of carbonyl (C=O) groups excluding carboxylic acids is 1. The van der Waals surface area contributed by atoms with Gasteiger partial charge in [-0.15, -0.1) is 0 Å². The number of halogens is 3. The highest BCUT2D eigenvalue weighted by molar-refractivity contribution is 6.04. The average molecular weight is 473 g/mol. The molecule has 174 valence electrons. The predicted octanol–water partition coefficient (Wildman–Crippen LogP) is 5.92. The fourth-order valence-corrected chi connectivity index (χ4v) is 3.77. The van der Waals surface area contributed by atoms with Gasteiger partial charge < -0.3 is 11.1 Å². The van der Waals surface area contributed by atoms with E-state index in [1.54, 1.807) is 53.3 Å². The van der Waals surface area contributed by atoms with Crippen molar-refractivity contribution in [3.8, 4) is 22.4 Å². The highest BCUT2D eigenvalue weighted by atomic mass is 19.4. The van der Waals surface area contributed by atoms with Gasteiger partial charge in [-0.3, -0.25) is 4.79 Å². The average Bonchev–Trinajstić information content (AvgIpc) is 3.28. The Morgan fingerprint density at radius 2 is 1.69 bits per heavy atom. The molecule has 0 spiro atoms. The summed E-state index contributed by atoms with van der Waals surface area (Å²) in [5, 5.41) is 7.16. The number of nitrogens with zero attached hydrogens (tertiary/aromatic N) is 3. The standard InChI is InChI=1S/C26H18F3N5O/c27-26(28,29)19-5-1-4-18(13-19)25(35)33-21-6-2-3-17(14-21)23-11-12-31-24-22(15-32-34(23)24)16-7-9-20(30)10-8-16/h1-15H,30H2,(H,33,35). The van der Waals surface area contributed by atoms with Crippen LogP contribution in [0.1, 0.15) is 15.9 Å². The van der Waals surface area contributed by atoms with E-state index in [2.05, 4.69) is 15.4 Å². The second kappa shape index (κ2) is 8.60. The molecule has 0 saturated carbocycles. The molecule has 35 heavy (non-hydrogen) atoms. The van der Waals surface area contributed by atoms with E-state index >= 15 is 0 Å². The van der Waals surface area contributed by atoms with Crippen LogP contribution in [0.3, 0.4) is 0 Å². The number of rotatable bonds is 4. The third-order valence-electron chi connectivity index (χ3n) is 5.49. The van der Waals surface area contributed by atoms with Crippen LogP contribution in [0.25, 0.3) is 28.0 Å². The second-order valence-electron chi connectivity index (χ2n) is 7.86. The molecule has 0 aliphatic rings.